The van der Waals surface area contributed by atoms with E-state index in [1.165, 1.54) is 30.3 Å². The van der Waals surface area contributed by atoms with Gasteiger partial charge in [-0.15, -0.1) is 13.2 Å². The summed E-state index contributed by atoms with van der Waals surface area (Å²) in [6, 6.07) is 10.6. The van der Waals surface area contributed by atoms with Crippen molar-refractivity contribution in [3.8, 4) is 17.2 Å². The number of carbonyl (C=O) groups is 3. The summed E-state index contributed by atoms with van der Waals surface area (Å²) < 4.78 is 76.7. The van der Waals surface area contributed by atoms with Crippen molar-refractivity contribution in [2.75, 3.05) is 10.6 Å². The van der Waals surface area contributed by atoms with Gasteiger partial charge in [-0.3, -0.25) is 14.4 Å². The lowest BCUT2D eigenvalue weighted by Crippen LogP contribution is -2.27. The number of thiazole rings is 1. The van der Waals surface area contributed by atoms with E-state index in [0.717, 1.165) is 35.6 Å². The molecule has 1 saturated carbocycles. The quantitative estimate of drug-likeness (QED) is 0.203. The second kappa shape index (κ2) is 12.3. The maximum atomic E-state index is 14.9. The van der Waals surface area contributed by atoms with E-state index in [2.05, 4.69) is 20.4 Å². The molecular weight excluding hydrogens is 597 g/mol. The first-order chi connectivity index (χ1) is 20.4. The number of nitrogens with zero attached hydrogens (tertiary/aromatic N) is 1. The van der Waals surface area contributed by atoms with Crippen LogP contribution in [0.5, 0.6) is 17.2 Å². The molecule has 3 aromatic carbocycles. The fourth-order valence-electron chi connectivity index (χ4n) is 4.49. The zero-order valence-corrected chi connectivity index (χ0v) is 22.9. The largest absolute Gasteiger partial charge is 0.573 e. The lowest BCUT2D eigenvalue weighted by Gasteiger charge is -2.19. The third kappa shape index (κ3) is 7.83. The molecule has 0 aliphatic heterocycles. The number of hydrogen-bond acceptors (Lipinski definition) is 7. The molecule has 0 saturated heterocycles. The van der Waals surface area contributed by atoms with E-state index >= 15 is 0 Å². The number of fused-ring (bicyclic) bond motifs is 1. The lowest BCUT2D eigenvalue weighted by atomic mass is 9.88. The summed E-state index contributed by atoms with van der Waals surface area (Å²) in [7, 11) is 0. The first kappa shape index (κ1) is 29.9. The standard InChI is InChI=1S/C29H22F5N3O5S/c30-20-9-8-18(12-22(20)35-26(39)11-15-2-1-3-19(10-15)42-29(32,33)34)41-24-14-23-25(13-21(24)31)43-28(36-23)37-27(40)16-4-6-17(38)7-5-16/h1-3,8-10,12-14,16H,4-7,11H2,(H,35,39)(H,36,37,40). The molecule has 224 valence electrons. The molecular formula is C29H22F5N3O5S. The van der Waals surface area contributed by atoms with E-state index in [4.69, 9.17) is 4.74 Å². The molecule has 1 aliphatic carbocycles. The van der Waals surface area contributed by atoms with Crippen molar-refractivity contribution in [1.29, 1.82) is 0 Å². The number of rotatable bonds is 8. The number of aromatic nitrogens is 1. The fourth-order valence-corrected chi connectivity index (χ4v) is 5.37. The summed E-state index contributed by atoms with van der Waals surface area (Å²) >= 11 is 1.07. The van der Waals surface area contributed by atoms with Crippen molar-refractivity contribution >= 4 is 50.0 Å². The summed E-state index contributed by atoms with van der Waals surface area (Å²) in [4.78, 5) is 40.8. The van der Waals surface area contributed by atoms with E-state index < -0.39 is 29.7 Å². The molecule has 2 amide bonds. The Balaban J connectivity index is 1.25. The van der Waals surface area contributed by atoms with E-state index in [1.54, 1.807) is 0 Å². The summed E-state index contributed by atoms with van der Waals surface area (Å²) in [5, 5.41) is 5.31. The molecule has 1 aromatic heterocycles. The van der Waals surface area contributed by atoms with Gasteiger partial charge in [-0.2, -0.15) is 0 Å². The zero-order chi connectivity index (χ0) is 30.7. The highest BCUT2D eigenvalue weighted by molar-refractivity contribution is 7.22. The molecule has 1 fully saturated rings. The Morgan fingerprint density at radius 3 is 2.47 bits per heavy atom. The lowest BCUT2D eigenvalue weighted by molar-refractivity contribution is -0.274. The maximum absolute atomic E-state index is 14.9. The third-order valence-corrected chi connectivity index (χ3v) is 7.46. The summed E-state index contributed by atoms with van der Waals surface area (Å²) in [5.74, 6) is -3.51. The van der Waals surface area contributed by atoms with Gasteiger partial charge in [0.15, 0.2) is 16.7 Å². The molecule has 5 rings (SSSR count). The van der Waals surface area contributed by atoms with Crippen LogP contribution in [0.25, 0.3) is 10.2 Å². The van der Waals surface area contributed by atoms with Gasteiger partial charge in [-0.05, 0) is 48.7 Å². The van der Waals surface area contributed by atoms with Crippen LogP contribution in [0.1, 0.15) is 31.2 Å². The molecule has 0 unspecified atom stereocenters. The van der Waals surface area contributed by atoms with Crippen LogP contribution in [-0.4, -0.2) is 28.9 Å². The van der Waals surface area contributed by atoms with Crippen LogP contribution in [-0.2, 0) is 20.8 Å². The van der Waals surface area contributed by atoms with Gasteiger partial charge in [0.05, 0.1) is 22.3 Å². The number of hydrogen-bond donors (Lipinski definition) is 2. The first-order valence-electron chi connectivity index (χ1n) is 13.0. The molecule has 0 atom stereocenters. The number of ketones is 1. The molecule has 0 radical (unpaired) electrons. The van der Waals surface area contributed by atoms with Crippen molar-refractivity contribution in [2.24, 2.45) is 5.92 Å². The molecule has 43 heavy (non-hydrogen) atoms. The Morgan fingerprint density at radius 2 is 1.72 bits per heavy atom. The topological polar surface area (TPSA) is 107 Å². The number of benzene rings is 3. The van der Waals surface area contributed by atoms with Crippen molar-refractivity contribution in [1.82, 2.24) is 4.98 Å². The molecule has 14 heteroatoms. The average Bonchev–Trinajstić information content (AvgIpc) is 3.31. The second-order valence-corrected chi connectivity index (χ2v) is 10.8. The highest BCUT2D eigenvalue weighted by Gasteiger charge is 2.31. The van der Waals surface area contributed by atoms with Crippen molar-refractivity contribution in [3.05, 3.63) is 71.8 Å². The van der Waals surface area contributed by atoms with Crippen LogP contribution in [0, 0.1) is 17.6 Å². The summed E-state index contributed by atoms with van der Waals surface area (Å²) in [5.41, 5.74) is 0.229. The summed E-state index contributed by atoms with van der Waals surface area (Å²) in [6.45, 7) is 0. The van der Waals surface area contributed by atoms with E-state index in [0.29, 0.717) is 35.9 Å². The predicted octanol–water partition coefficient (Wildman–Crippen LogP) is 7.14. The van der Waals surface area contributed by atoms with E-state index in [9.17, 15) is 36.3 Å². The first-order valence-corrected chi connectivity index (χ1v) is 13.8. The number of ether oxygens (including phenoxy) is 2. The number of Topliss-reactive ketones (excluding diaryl/α,β-unsaturated/α-hetero) is 1. The minimum atomic E-state index is -4.90. The van der Waals surface area contributed by atoms with Crippen LogP contribution in [0.15, 0.2) is 54.6 Å². The average molecular weight is 620 g/mol. The molecule has 1 heterocycles. The molecule has 1 aliphatic rings. The van der Waals surface area contributed by atoms with Gasteiger partial charge in [0.1, 0.15) is 23.1 Å². The Morgan fingerprint density at radius 1 is 0.953 bits per heavy atom. The maximum Gasteiger partial charge on any atom is 0.573 e. The monoisotopic (exact) mass is 619 g/mol. The van der Waals surface area contributed by atoms with Gasteiger partial charge in [0.25, 0.3) is 0 Å². The van der Waals surface area contributed by atoms with Crippen molar-refractivity contribution < 1.29 is 45.8 Å². The van der Waals surface area contributed by atoms with Gasteiger partial charge in [0.2, 0.25) is 11.8 Å². The number of amides is 2. The van der Waals surface area contributed by atoms with Crippen LogP contribution in [0.2, 0.25) is 0 Å². The minimum absolute atomic E-state index is 0.0221. The smallest absolute Gasteiger partial charge is 0.454 e. The minimum Gasteiger partial charge on any atom is -0.454 e. The Bertz CT molecular complexity index is 1700. The molecule has 2 N–H and O–H groups in total. The highest BCUT2D eigenvalue weighted by Crippen LogP contribution is 2.35. The Kier molecular flexibility index (Phi) is 8.57. The van der Waals surface area contributed by atoms with Crippen LogP contribution in [0.3, 0.4) is 0 Å². The number of halogens is 5. The van der Waals surface area contributed by atoms with Crippen molar-refractivity contribution in [3.63, 3.8) is 0 Å². The zero-order valence-electron chi connectivity index (χ0n) is 22.1. The fraction of sp³-hybridized carbons (Fsp3) is 0.241. The molecule has 8 nitrogen and oxygen atoms in total. The Hall–Kier alpha value is -4.59. The molecule has 0 bridgehead atoms. The van der Waals surface area contributed by atoms with Crippen LogP contribution >= 0.6 is 11.3 Å². The van der Waals surface area contributed by atoms with Gasteiger partial charge in [-0.25, -0.2) is 13.8 Å². The van der Waals surface area contributed by atoms with Gasteiger partial charge in [0, 0.05) is 30.9 Å². The van der Waals surface area contributed by atoms with Gasteiger partial charge in [-0.1, -0.05) is 23.5 Å². The van der Waals surface area contributed by atoms with Crippen LogP contribution < -0.4 is 20.1 Å². The van der Waals surface area contributed by atoms with Crippen molar-refractivity contribution in [2.45, 2.75) is 38.5 Å². The SMILES string of the molecule is O=C1CCC(C(=O)Nc2nc3cc(Oc4ccc(F)c(NC(=O)Cc5cccc(OC(F)(F)F)c5)c4)c(F)cc3s2)CC1. The second-order valence-electron chi connectivity index (χ2n) is 9.74. The highest BCUT2D eigenvalue weighted by atomic mass is 32.1. The number of carbonyl (C=O) groups excluding carboxylic acids is 3. The normalized spacial score (nSPS) is 14.0. The van der Waals surface area contributed by atoms with E-state index in [-0.39, 0.29) is 51.9 Å². The molecule has 4 aromatic rings. The number of anilines is 2. The van der Waals surface area contributed by atoms with Gasteiger partial charge >= 0.3 is 6.36 Å². The van der Waals surface area contributed by atoms with Crippen LogP contribution in [0.4, 0.5) is 32.8 Å². The summed E-state index contributed by atoms with van der Waals surface area (Å²) in [6.07, 6.45) is -3.64. The third-order valence-electron chi connectivity index (χ3n) is 6.52. The number of nitrogens with one attached hydrogen (secondary N) is 2. The molecule has 0 spiro atoms. The van der Waals surface area contributed by atoms with E-state index in [1.807, 2.05) is 0 Å². The Labute approximate surface area is 244 Å². The van der Waals surface area contributed by atoms with Gasteiger partial charge < -0.3 is 20.1 Å². The number of alkyl halides is 3. The predicted molar refractivity (Wildman–Crippen MR) is 147 cm³/mol.